The minimum Gasteiger partial charge on any atom is -0.285 e. The molecule has 0 radical (unpaired) electrons. The summed E-state index contributed by atoms with van der Waals surface area (Å²) in [7, 11) is -3.17. The number of nitrogens with one attached hydrogen (secondary N) is 1. The number of H-pyrrole nitrogens is 1. The number of hydrogen-bond donors (Lipinski definition) is 1. The summed E-state index contributed by atoms with van der Waals surface area (Å²) in [6.07, 6.45) is 9.76. The molecule has 7 nitrogen and oxygen atoms in total. The van der Waals surface area contributed by atoms with Crippen molar-refractivity contribution in [2.24, 2.45) is 0 Å². The van der Waals surface area contributed by atoms with Crippen LogP contribution in [0.1, 0.15) is 24.5 Å². The van der Waals surface area contributed by atoms with Crippen LogP contribution in [0.5, 0.6) is 0 Å². The van der Waals surface area contributed by atoms with E-state index in [1.54, 1.807) is 24.8 Å². The zero-order chi connectivity index (χ0) is 14.9. The third-order valence-corrected chi connectivity index (χ3v) is 5.01. The second-order valence-electron chi connectivity index (χ2n) is 5.24. The highest BCUT2D eigenvalue weighted by molar-refractivity contribution is 7.88. The monoisotopic (exact) mass is 307 g/mol. The molecular formula is C13H17N5O2S. The maximum Gasteiger partial charge on any atom is 0.211 e. The number of piperidine rings is 1. The molecule has 0 bridgehead atoms. The van der Waals surface area contributed by atoms with Crippen LogP contribution >= 0.6 is 0 Å². The van der Waals surface area contributed by atoms with Crippen molar-refractivity contribution in [1.82, 2.24) is 24.5 Å². The van der Waals surface area contributed by atoms with Gasteiger partial charge in [0.05, 0.1) is 23.8 Å². The van der Waals surface area contributed by atoms with E-state index in [1.807, 2.05) is 0 Å². The summed E-state index contributed by atoms with van der Waals surface area (Å²) in [4.78, 5) is 8.84. The van der Waals surface area contributed by atoms with Crippen LogP contribution in [0.15, 0.2) is 24.8 Å². The van der Waals surface area contributed by atoms with Crippen molar-refractivity contribution >= 4 is 10.0 Å². The minimum atomic E-state index is -3.17. The number of hydrogen-bond acceptors (Lipinski definition) is 5. The lowest BCUT2D eigenvalue weighted by atomic mass is 9.93. The van der Waals surface area contributed by atoms with Gasteiger partial charge in [-0.3, -0.25) is 15.1 Å². The van der Waals surface area contributed by atoms with E-state index in [4.69, 9.17) is 0 Å². The summed E-state index contributed by atoms with van der Waals surface area (Å²) in [5.74, 6) is 0.0621. The fraction of sp³-hybridized carbons (Fsp3) is 0.462. The summed E-state index contributed by atoms with van der Waals surface area (Å²) in [6, 6.07) is 0. The van der Waals surface area contributed by atoms with Crippen LogP contribution in [0, 0.1) is 0 Å². The highest BCUT2D eigenvalue weighted by atomic mass is 32.2. The standard InChI is InChI=1S/C13H17N5O2S/c1-21(19,20)18-6-2-3-10(9-18)12-13(15-5-4-14-12)11-7-16-17-8-11/h4-5,7-8,10H,2-3,6,9H2,1H3,(H,16,17)/t10-/m1/s1. The van der Waals surface area contributed by atoms with Gasteiger partial charge < -0.3 is 0 Å². The van der Waals surface area contributed by atoms with Gasteiger partial charge in [0.1, 0.15) is 0 Å². The van der Waals surface area contributed by atoms with Gasteiger partial charge in [0.25, 0.3) is 0 Å². The van der Waals surface area contributed by atoms with Crippen LogP contribution in [0.4, 0.5) is 0 Å². The zero-order valence-electron chi connectivity index (χ0n) is 11.7. The molecular weight excluding hydrogens is 290 g/mol. The highest BCUT2D eigenvalue weighted by Crippen LogP contribution is 2.31. The van der Waals surface area contributed by atoms with Crippen LogP contribution in [0.3, 0.4) is 0 Å². The summed E-state index contributed by atoms with van der Waals surface area (Å²) < 4.78 is 25.0. The van der Waals surface area contributed by atoms with Gasteiger partial charge in [-0.1, -0.05) is 0 Å². The Hall–Kier alpha value is -1.80. The van der Waals surface area contributed by atoms with E-state index in [0.717, 1.165) is 29.8 Å². The van der Waals surface area contributed by atoms with Gasteiger partial charge in [-0.25, -0.2) is 12.7 Å². The molecule has 0 spiro atoms. The van der Waals surface area contributed by atoms with Gasteiger partial charge in [0, 0.05) is 43.2 Å². The van der Waals surface area contributed by atoms with Gasteiger partial charge in [0.15, 0.2) is 0 Å². The van der Waals surface area contributed by atoms with Gasteiger partial charge >= 0.3 is 0 Å². The first kappa shape index (κ1) is 14.2. The predicted octanol–water partition coefficient (Wildman–Crippen LogP) is 1.01. The van der Waals surface area contributed by atoms with E-state index in [-0.39, 0.29) is 5.92 Å². The quantitative estimate of drug-likeness (QED) is 0.913. The Kier molecular flexibility index (Phi) is 3.73. The predicted molar refractivity (Wildman–Crippen MR) is 78.0 cm³/mol. The average molecular weight is 307 g/mol. The van der Waals surface area contributed by atoms with E-state index >= 15 is 0 Å². The molecule has 0 unspecified atom stereocenters. The summed E-state index contributed by atoms with van der Waals surface area (Å²) in [5, 5.41) is 6.71. The third kappa shape index (κ3) is 2.96. The smallest absolute Gasteiger partial charge is 0.211 e. The molecule has 0 saturated carbocycles. The van der Waals surface area contributed by atoms with Crippen molar-refractivity contribution in [3.63, 3.8) is 0 Å². The number of sulfonamides is 1. The molecule has 1 aliphatic rings. The Balaban J connectivity index is 1.94. The second kappa shape index (κ2) is 5.53. The fourth-order valence-electron chi connectivity index (χ4n) is 2.72. The third-order valence-electron chi connectivity index (χ3n) is 3.74. The summed E-state index contributed by atoms with van der Waals surface area (Å²) in [5.41, 5.74) is 2.48. The lowest BCUT2D eigenvalue weighted by Gasteiger charge is -2.31. The van der Waals surface area contributed by atoms with E-state index < -0.39 is 10.0 Å². The highest BCUT2D eigenvalue weighted by Gasteiger charge is 2.29. The molecule has 3 rings (SSSR count). The zero-order valence-corrected chi connectivity index (χ0v) is 12.5. The van der Waals surface area contributed by atoms with E-state index in [0.29, 0.717) is 13.1 Å². The van der Waals surface area contributed by atoms with Crippen molar-refractivity contribution in [2.75, 3.05) is 19.3 Å². The molecule has 2 aromatic heterocycles. The number of aromatic nitrogens is 4. The molecule has 8 heteroatoms. The number of nitrogens with zero attached hydrogens (tertiary/aromatic N) is 4. The summed E-state index contributed by atoms with van der Waals surface area (Å²) >= 11 is 0. The molecule has 112 valence electrons. The van der Waals surface area contributed by atoms with Crippen LogP contribution in [-0.2, 0) is 10.0 Å². The maximum atomic E-state index is 11.8. The molecule has 0 aromatic carbocycles. The van der Waals surface area contributed by atoms with Crippen molar-refractivity contribution in [3.8, 4) is 11.3 Å². The molecule has 3 heterocycles. The topological polar surface area (TPSA) is 91.8 Å². The Bertz CT molecular complexity index is 714. The van der Waals surface area contributed by atoms with Crippen LogP contribution in [0.2, 0.25) is 0 Å². The molecule has 0 aliphatic carbocycles. The SMILES string of the molecule is CS(=O)(=O)N1CCC[C@@H](c2nccnc2-c2cn[nH]c2)C1. The van der Waals surface area contributed by atoms with Crippen molar-refractivity contribution < 1.29 is 8.42 Å². The van der Waals surface area contributed by atoms with Gasteiger partial charge in [-0.05, 0) is 12.8 Å². The molecule has 1 aliphatic heterocycles. The Morgan fingerprint density at radius 3 is 2.86 bits per heavy atom. The number of rotatable bonds is 3. The van der Waals surface area contributed by atoms with E-state index in [2.05, 4.69) is 20.2 Å². The largest absolute Gasteiger partial charge is 0.285 e. The molecule has 0 amide bonds. The average Bonchev–Trinajstić information content (AvgIpc) is 3.01. The maximum absolute atomic E-state index is 11.8. The van der Waals surface area contributed by atoms with Crippen molar-refractivity contribution in [2.45, 2.75) is 18.8 Å². The first-order valence-electron chi connectivity index (χ1n) is 6.81. The summed E-state index contributed by atoms with van der Waals surface area (Å²) in [6.45, 7) is 1.04. The first-order chi connectivity index (χ1) is 10.1. The molecule has 1 N–H and O–H groups in total. The molecule has 1 saturated heterocycles. The van der Waals surface area contributed by atoms with Crippen molar-refractivity contribution in [1.29, 1.82) is 0 Å². The first-order valence-corrected chi connectivity index (χ1v) is 8.65. The fourth-order valence-corrected chi connectivity index (χ4v) is 3.63. The van der Waals surface area contributed by atoms with Crippen molar-refractivity contribution in [3.05, 3.63) is 30.5 Å². The Labute approximate surface area is 123 Å². The minimum absolute atomic E-state index is 0.0621. The normalized spacial score (nSPS) is 20.5. The Morgan fingerprint density at radius 1 is 1.33 bits per heavy atom. The van der Waals surface area contributed by atoms with E-state index in [1.165, 1.54) is 10.6 Å². The lowest BCUT2D eigenvalue weighted by molar-refractivity contribution is 0.314. The van der Waals surface area contributed by atoms with Gasteiger partial charge in [-0.2, -0.15) is 5.10 Å². The van der Waals surface area contributed by atoms with Gasteiger partial charge in [-0.15, -0.1) is 0 Å². The van der Waals surface area contributed by atoms with Gasteiger partial charge in [0.2, 0.25) is 10.0 Å². The Morgan fingerprint density at radius 2 is 2.14 bits per heavy atom. The molecule has 1 fully saturated rings. The molecule has 1 atom stereocenters. The van der Waals surface area contributed by atoms with E-state index in [9.17, 15) is 8.42 Å². The second-order valence-corrected chi connectivity index (χ2v) is 7.22. The van der Waals surface area contributed by atoms with Crippen LogP contribution in [0.25, 0.3) is 11.3 Å². The van der Waals surface area contributed by atoms with Crippen LogP contribution in [-0.4, -0.2) is 52.2 Å². The van der Waals surface area contributed by atoms with Crippen LogP contribution < -0.4 is 0 Å². The number of aromatic amines is 1. The lowest BCUT2D eigenvalue weighted by Crippen LogP contribution is -2.38. The molecule has 21 heavy (non-hydrogen) atoms. The molecule has 2 aromatic rings.